The van der Waals surface area contributed by atoms with Crippen molar-refractivity contribution in [2.45, 2.75) is 6.92 Å². The zero-order valence-corrected chi connectivity index (χ0v) is 15.6. The van der Waals surface area contributed by atoms with Gasteiger partial charge < -0.3 is 10.1 Å². The van der Waals surface area contributed by atoms with Crippen LogP contribution in [-0.2, 0) is 9.59 Å². The zero-order valence-electron chi connectivity index (χ0n) is 13.3. The number of halogens is 2. The van der Waals surface area contributed by atoms with Crippen molar-refractivity contribution in [1.82, 2.24) is 0 Å². The Kier molecular flexibility index (Phi) is 5.11. The molecule has 0 saturated heterocycles. The van der Waals surface area contributed by atoms with E-state index in [9.17, 15) is 9.59 Å². The van der Waals surface area contributed by atoms with E-state index in [4.69, 9.17) is 16.3 Å². The van der Waals surface area contributed by atoms with Crippen molar-refractivity contribution in [3.8, 4) is 5.75 Å². The molecule has 0 saturated carbocycles. The van der Waals surface area contributed by atoms with Gasteiger partial charge in [-0.1, -0.05) is 27.5 Å². The van der Waals surface area contributed by atoms with Crippen LogP contribution in [0.5, 0.6) is 5.75 Å². The number of rotatable bonds is 5. The molecule has 2 aromatic rings. The number of ether oxygens (including phenoxy) is 1. The van der Waals surface area contributed by atoms with Crippen LogP contribution in [0.3, 0.4) is 0 Å². The number of anilines is 2. The Labute approximate surface area is 158 Å². The highest BCUT2D eigenvalue weighted by Crippen LogP contribution is 2.31. The quantitative estimate of drug-likeness (QED) is 0.732. The van der Waals surface area contributed by atoms with Crippen LogP contribution in [0.15, 0.2) is 63.7 Å². The third-order valence-corrected chi connectivity index (χ3v) is 4.43. The molecule has 0 spiro atoms. The molecule has 3 rings (SSSR count). The molecule has 0 atom stereocenters. The maximum Gasteiger partial charge on any atom is 0.283 e. The predicted molar refractivity (Wildman–Crippen MR) is 101 cm³/mol. The van der Waals surface area contributed by atoms with Gasteiger partial charge in [-0.2, -0.15) is 0 Å². The molecule has 0 unspecified atom stereocenters. The number of nitrogens with zero attached hydrogens (tertiary/aromatic N) is 1. The van der Waals surface area contributed by atoms with Gasteiger partial charge in [0.15, 0.2) is 0 Å². The van der Waals surface area contributed by atoms with Crippen LogP contribution in [-0.4, -0.2) is 18.4 Å². The Bertz CT molecular complexity index is 848. The molecule has 7 heteroatoms. The summed E-state index contributed by atoms with van der Waals surface area (Å²) in [5, 5.41) is 2.78. The smallest absolute Gasteiger partial charge is 0.283 e. The van der Waals surface area contributed by atoms with E-state index in [0.717, 1.165) is 15.1 Å². The molecule has 25 heavy (non-hydrogen) atoms. The maximum absolute atomic E-state index is 12.6. The minimum Gasteiger partial charge on any atom is -0.494 e. The minimum absolute atomic E-state index is 0.0544. The first-order valence-electron chi connectivity index (χ1n) is 7.55. The van der Waals surface area contributed by atoms with Crippen LogP contribution in [0.4, 0.5) is 11.4 Å². The molecule has 2 aromatic carbocycles. The molecular weight excluding hydrogens is 408 g/mol. The molecule has 5 nitrogen and oxygen atoms in total. The average Bonchev–Trinajstić information content (AvgIpc) is 2.81. The van der Waals surface area contributed by atoms with Gasteiger partial charge in [-0.15, -0.1) is 0 Å². The summed E-state index contributed by atoms with van der Waals surface area (Å²) in [5.74, 6) is -0.327. The second kappa shape index (κ2) is 7.29. The van der Waals surface area contributed by atoms with Crippen LogP contribution in [0.1, 0.15) is 6.92 Å². The van der Waals surface area contributed by atoms with Gasteiger partial charge in [-0.3, -0.25) is 9.59 Å². The predicted octanol–water partition coefficient (Wildman–Crippen LogP) is 4.28. The van der Waals surface area contributed by atoms with E-state index in [1.165, 1.54) is 0 Å². The van der Waals surface area contributed by atoms with Crippen LogP contribution in [0, 0.1) is 0 Å². The van der Waals surface area contributed by atoms with E-state index in [1.807, 2.05) is 6.92 Å². The molecule has 1 aliphatic rings. The topological polar surface area (TPSA) is 58.6 Å². The van der Waals surface area contributed by atoms with Crippen molar-refractivity contribution in [3.05, 3.63) is 63.7 Å². The number of carbonyl (C=O) groups is 2. The first-order chi connectivity index (χ1) is 12.0. The number of imide groups is 1. The Morgan fingerprint density at radius 2 is 1.68 bits per heavy atom. The van der Waals surface area contributed by atoms with Crippen molar-refractivity contribution < 1.29 is 14.3 Å². The molecule has 128 valence electrons. The lowest BCUT2D eigenvalue weighted by molar-refractivity contribution is -0.120. The zero-order chi connectivity index (χ0) is 18.0. The number of hydrogen-bond acceptors (Lipinski definition) is 4. The molecule has 1 heterocycles. The van der Waals surface area contributed by atoms with E-state index >= 15 is 0 Å². The third kappa shape index (κ3) is 3.55. The summed E-state index contributed by atoms with van der Waals surface area (Å²) < 4.78 is 6.22. The molecule has 0 radical (unpaired) electrons. The third-order valence-electron chi connectivity index (χ3n) is 3.55. The van der Waals surface area contributed by atoms with Gasteiger partial charge in [0.2, 0.25) is 0 Å². The number of nitrogens with one attached hydrogen (secondary N) is 1. The highest BCUT2D eigenvalue weighted by Gasteiger charge is 2.38. The fourth-order valence-electron chi connectivity index (χ4n) is 2.38. The molecule has 2 amide bonds. The Morgan fingerprint density at radius 1 is 1.04 bits per heavy atom. The highest BCUT2D eigenvalue weighted by atomic mass is 79.9. The number of carbonyl (C=O) groups excluding carboxylic acids is 2. The van der Waals surface area contributed by atoms with Crippen molar-refractivity contribution in [1.29, 1.82) is 0 Å². The summed E-state index contributed by atoms with van der Waals surface area (Å²) in [5.41, 5.74) is 1.15. The lowest BCUT2D eigenvalue weighted by Crippen LogP contribution is -2.32. The van der Waals surface area contributed by atoms with Crippen LogP contribution in [0.25, 0.3) is 0 Å². The normalized spacial score (nSPS) is 14.3. The van der Waals surface area contributed by atoms with Crippen molar-refractivity contribution in [3.63, 3.8) is 0 Å². The molecule has 1 N–H and O–H groups in total. The van der Waals surface area contributed by atoms with Crippen molar-refractivity contribution in [2.24, 2.45) is 0 Å². The standard InChI is InChI=1S/C18H14BrClN2O3/c1-2-25-14-9-5-12(6-10-14)21-16-15(20)17(23)22(18(16)24)13-7-3-11(19)4-8-13/h3-10,21H,2H2,1H3. The van der Waals surface area contributed by atoms with Gasteiger partial charge in [0, 0.05) is 10.2 Å². The van der Waals surface area contributed by atoms with E-state index in [-0.39, 0.29) is 10.7 Å². The van der Waals surface area contributed by atoms with Gasteiger partial charge >= 0.3 is 0 Å². The number of benzene rings is 2. The Hall–Kier alpha value is -2.31. The van der Waals surface area contributed by atoms with Gasteiger partial charge in [0.05, 0.1) is 12.3 Å². The van der Waals surface area contributed by atoms with Crippen molar-refractivity contribution >= 4 is 50.7 Å². The summed E-state index contributed by atoms with van der Waals surface area (Å²) in [6, 6.07) is 13.9. The Balaban J connectivity index is 1.83. The van der Waals surface area contributed by atoms with E-state index in [1.54, 1.807) is 48.5 Å². The maximum atomic E-state index is 12.6. The van der Waals surface area contributed by atoms with Gasteiger partial charge in [0.1, 0.15) is 16.5 Å². The van der Waals surface area contributed by atoms with Gasteiger partial charge in [0.25, 0.3) is 11.8 Å². The first kappa shape index (κ1) is 17.5. The fraction of sp³-hybridized carbons (Fsp3) is 0.111. The molecule has 1 aliphatic heterocycles. The second-order valence-electron chi connectivity index (χ2n) is 5.19. The number of hydrogen-bond donors (Lipinski definition) is 1. The Morgan fingerprint density at radius 3 is 2.28 bits per heavy atom. The summed E-state index contributed by atoms with van der Waals surface area (Å²) in [4.78, 5) is 26.1. The first-order valence-corrected chi connectivity index (χ1v) is 8.72. The summed E-state index contributed by atoms with van der Waals surface area (Å²) in [6.45, 7) is 2.47. The molecule has 0 aromatic heterocycles. The van der Waals surface area contributed by atoms with E-state index in [2.05, 4.69) is 21.2 Å². The van der Waals surface area contributed by atoms with Crippen LogP contribution in [0.2, 0.25) is 0 Å². The SMILES string of the molecule is CCOc1ccc(NC2=C(Cl)C(=O)N(c3ccc(Br)cc3)C2=O)cc1. The lowest BCUT2D eigenvalue weighted by Gasteiger charge is -2.15. The average molecular weight is 422 g/mol. The molecular formula is C18H14BrClN2O3. The van der Waals surface area contributed by atoms with Gasteiger partial charge in [-0.05, 0) is 55.5 Å². The molecule has 0 fully saturated rings. The van der Waals surface area contributed by atoms with Gasteiger partial charge in [-0.25, -0.2) is 4.90 Å². The summed E-state index contributed by atoms with van der Waals surface area (Å²) >= 11 is 9.42. The molecule has 0 aliphatic carbocycles. The molecule has 0 bridgehead atoms. The fourth-order valence-corrected chi connectivity index (χ4v) is 2.86. The summed E-state index contributed by atoms with van der Waals surface area (Å²) in [6.07, 6.45) is 0. The van der Waals surface area contributed by atoms with E-state index in [0.29, 0.717) is 18.0 Å². The lowest BCUT2D eigenvalue weighted by atomic mass is 10.2. The second-order valence-corrected chi connectivity index (χ2v) is 6.49. The van der Waals surface area contributed by atoms with Crippen LogP contribution >= 0.6 is 27.5 Å². The van der Waals surface area contributed by atoms with Crippen LogP contribution < -0.4 is 15.0 Å². The highest BCUT2D eigenvalue weighted by molar-refractivity contribution is 9.10. The largest absolute Gasteiger partial charge is 0.494 e. The monoisotopic (exact) mass is 420 g/mol. The summed E-state index contributed by atoms with van der Waals surface area (Å²) in [7, 11) is 0. The van der Waals surface area contributed by atoms with Crippen molar-refractivity contribution in [2.75, 3.05) is 16.8 Å². The number of amides is 2. The van der Waals surface area contributed by atoms with E-state index < -0.39 is 11.8 Å². The minimum atomic E-state index is -0.553.